The third-order valence-corrected chi connectivity index (χ3v) is 2.63. The van der Waals surface area contributed by atoms with E-state index in [4.69, 9.17) is 38.9 Å². The smallest absolute Gasteiger partial charge is 0.279 e. The van der Waals surface area contributed by atoms with Gasteiger partial charge in [-0.2, -0.15) is 64.8 Å². The van der Waals surface area contributed by atoms with Crippen LogP contribution in [-0.2, 0) is 56.2 Å². The van der Waals surface area contributed by atoms with Crippen LogP contribution in [0.1, 0.15) is 0 Å². The Labute approximate surface area is 151 Å². The topological polar surface area (TPSA) is 163 Å². The van der Waals surface area contributed by atoms with Crippen molar-refractivity contribution in [1.29, 1.82) is 0 Å². The zero-order chi connectivity index (χ0) is 21.0. The minimum Gasteiger partial charge on any atom is -0.279 e. The summed E-state index contributed by atoms with van der Waals surface area (Å²) in [5.41, 5.74) is -16.6. The molecule has 1 radical (unpaired) electrons. The molecule has 0 aromatic carbocycles. The third-order valence-electron chi connectivity index (χ3n) is 0.877. The minimum atomic E-state index is -5.84. The van der Waals surface area contributed by atoms with Gasteiger partial charge in [-0.25, -0.2) is 0 Å². The van der Waals surface area contributed by atoms with E-state index in [1.807, 2.05) is 0 Å². The van der Waals surface area contributed by atoms with E-state index in [1.54, 1.807) is 0 Å². The maximum Gasteiger partial charge on any atom is 0.522 e. The quantitative estimate of drug-likeness (QED) is 0.254. The van der Waals surface area contributed by atoms with Gasteiger partial charge in [0.25, 0.3) is 0 Å². The van der Waals surface area contributed by atoms with E-state index in [2.05, 4.69) is 0 Å². The van der Waals surface area contributed by atoms with Crippen LogP contribution in [0.5, 0.6) is 0 Å². The SMILES string of the molecule is O=S(=O)(O)C(F)(F)F.O=S(=O)(O)C(F)(F)F.O=S(=O)(O)C(F)(F)F.[Sc]. The molecule has 0 unspecified atom stereocenters. The van der Waals surface area contributed by atoms with Crippen LogP contribution in [-0.4, -0.2) is 55.4 Å². The van der Waals surface area contributed by atoms with Gasteiger partial charge in [0.1, 0.15) is 0 Å². The van der Waals surface area contributed by atoms with Crippen LogP contribution < -0.4 is 0 Å². The molecule has 153 valence electrons. The Bertz CT molecular complexity index is 596. The van der Waals surface area contributed by atoms with Gasteiger partial charge in [-0.05, 0) is 0 Å². The molecule has 25 heavy (non-hydrogen) atoms. The third kappa shape index (κ3) is 15.9. The van der Waals surface area contributed by atoms with E-state index in [-0.39, 0.29) is 25.8 Å². The van der Waals surface area contributed by atoms with Crippen LogP contribution in [0.15, 0.2) is 0 Å². The van der Waals surface area contributed by atoms with Crippen molar-refractivity contribution in [3.63, 3.8) is 0 Å². The Morgan fingerprint density at radius 2 is 0.480 bits per heavy atom. The first-order valence-corrected chi connectivity index (χ1v) is 8.18. The van der Waals surface area contributed by atoms with Gasteiger partial charge in [-0.3, -0.25) is 13.7 Å². The number of hydrogen-bond donors (Lipinski definition) is 3. The van der Waals surface area contributed by atoms with Crippen LogP contribution in [0, 0.1) is 0 Å². The van der Waals surface area contributed by atoms with Gasteiger partial charge in [0.05, 0.1) is 0 Å². The largest absolute Gasteiger partial charge is 0.522 e. The van der Waals surface area contributed by atoms with Crippen molar-refractivity contribution in [2.75, 3.05) is 0 Å². The van der Waals surface area contributed by atoms with Crippen molar-refractivity contribution < 1.29 is 104 Å². The summed E-state index contributed by atoms with van der Waals surface area (Å²) in [6, 6.07) is 0. The van der Waals surface area contributed by atoms with E-state index in [9.17, 15) is 39.5 Å². The van der Waals surface area contributed by atoms with Crippen molar-refractivity contribution in [3.05, 3.63) is 0 Å². The summed E-state index contributed by atoms with van der Waals surface area (Å²) in [6.07, 6.45) is 0. The predicted molar refractivity (Wildman–Crippen MR) is 52.8 cm³/mol. The number of alkyl halides is 9. The first-order valence-electron chi connectivity index (χ1n) is 3.86. The van der Waals surface area contributed by atoms with E-state index >= 15 is 0 Å². The van der Waals surface area contributed by atoms with E-state index < -0.39 is 46.9 Å². The molecule has 22 heteroatoms. The van der Waals surface area contributed by atoms with Crippen LogP contribution >= 0.6 is 0 Å². The van der Waals surface area contributed by atoms with Gasteiger partial charge < -0.3 is 0 Å². The zero-order valence-corrected chi connectivity index (χ0v) is 14.7. The average molecular weight is 495 g/mol. The Kier molecular flexibility index (Phi) is 12.8. The fourth-order valence-electron chi connectivity index (χ4n) is 0. The van der Waals surface area contributed by atoms with Crippen LogP contribution in [0.4, 0.5) is 39.5 Å². The van der Waals surface area contributed by atoms with Gasteiger partial charge in [0.2, 0.25) is 0 Å². The molecule has 0 aromatic rings. The zero-order valence-electron chi connectivity index (χ0n) is 10.5. The molecule has 0 saturated carbocycles. The molecule has 0 amide bonds. The Morgan fingerprint density at radius 3 is 0.480 bits per heavy atom. The Morgan fingerprint density at radius 1 is 0.440 bits per heavy atom. The predicted octanol–water partition coefficient (Wildman–Crippen LogP) is 1.18. The first-order chi connectivity index (χ1) is 9.75. The number of rotatable bonds is 0. The molecule has 0 aliphatic carbocycles. The van der Waals surface area contributed by atoms with Crippen molar-refractivity contribution in [2.45, 2.75) is 16.5 Å². The Hall–Kier alpha value is -0.0299. The van der Waals surface area contributed by atoms with Crippen molar-refractivity contribution in [2.24, 2.45) is 0 Å². The second-order valence-electron chi connectivity index (χ2n) is 2.76. The summed E-state index contributed by atoms with van der Waals surface area (Å²) < 4.78 is 173. The summed E-state index contributed by atoms with van der Waals surface area (Å²) in [5, 5.41) is 0. The molecule has 0 atom stereocenters. The van der Waals surface area contributed by atoms with Gasteiger partial charge in [0, 0.05) is 25.8 Å². The minimum absolute atomic E-state index is 0. The Balaban J connectivity index is -0.000000130. The molecule has 0 heterocycles. The van der Waals surface area contributed by atoms with Crippen molar-refractivity contribution >= 4 is 30.4 Å². The molecule has 0 rings (SSSR count). The molecule has 0 aromatic heterocycles. The van der Waals surface area contributed by atoms with Crippen molar-refractivity contribution in [3.8, 4) is 0 Å². The van der Waals surface area contributed by atoms with E-state index in [1.165, 1.54) is 0 Å². The average Bonchev–Trinajstić information content (AvgIpc) is 2.08. The summed E-state index contributed by atoms with van der Waals surface area (Å²) in [5.74, 6) is 0. The molecule has 3 N–H and O–H groups in total. The summed E-state index contributed by atoms with van der Waals surface area (Å²) in [6.45, 7) is 0. The summed E-state index contributed by atoms with van der Waals surface area (Å²) >= 11 is 0. The normalized spacial score (nSPS) is 13.4. The van der Waals surface area contributed by atoms with Gasteiger partial charge in [0.15, 0.2) is 0 Å². The second-order valence-corrected chi connectivity index (χ2v) is 7.00. The number of halogens is 9. The molecule has 0 fully saturated rings. The first kappa shape index (κ1) is 32.6. The molecule has 0 aliphatic heterocycles. The number of hydrogen-bond acceptors (Lipinski definition) is 6. The maximum atomic E-state index is 10.7. The fraction of sp³-hybridized carbons (Fsp3) is 1.00. The molecule has 0 bridgehead atoms. The monoisotopic (exact) mass is 495 g/mol. The van der Waals surface area contributed by atoms with Crippen LogP contribution in [0.25, 0.3) is 0 Å². The van der Waals surface area contributed by atoms with Gasteiger partial charge in [-0.1, -0.05) is 0 Å². The molecular weight excluding hydrogens is 492 g/mol. The summed E-state index contributed by atoms with van der Waals surface area (Å²) in [4.78, 5) is 0. The van der Waals surface area contributed by atoms with Gasteiger partial charge in [-0.15, -0.1) is 0 Å². The molecule has 0 spiro atoms. The standard InChI is InChI=1S/3CHF3O3S.Sc/c3*2-1(3,4)8(5,6)7;/h3*(H,5,6,7);. The fourth-order valence-corrected chi connectivity index (χ4v) is 0. The molecule has 0 aliphatic rings. The molecule has 0 saturated heterocycles. The second kappa shape index (κ2) is 9.77. The van der Waals surface area contributed by atoms with E-state index in [0.29, 0.717) is 0 Å². The summed E-state index contributed by atoms with van der Waals surface area (Å²) in [7, 11) is -17.5. The molecule has 9 nitrogen and oxygen atoms in total. The molecular formula is C3H3F9O9S3Sc. The van der Waals surface area contributed by atoms with Gasteiger partial charge >= 0.3 is 46.9 Å². The van der Waals surface area contributed by atoms with Crippen LogP contribution in [0.3, 0.4) is 0 Å². The van der Waals surface area contributed by atoms with Crippen molar-refractivity contribution in [1.82, 2.24) is 0 Å². The van der Waals surface area contributed by atoms with Crippen LogP contribution in [0.2, 0.25) is 0 Å². The maximum absolute atomic E-state index is 10.7. The van der Waals surface area contributed by atoms with E-state index in [0.717, 1.165) is 0 Å².